The lowest BCUT2D eigenvalue weighted by molar-refractivity contribution is 1.27. The van der Waals surface area contributed by atoms with Crippen molar-refractivity contribution >= 4 is 33.3 Å². The van der Waals surface area contributed by atoms with Crippen LogP contribution in [0.3, 0.4) is 0 Å². The number of hydrogen-bond acceptors (Lipinski definition) is 1. The molecular weight excluding hydrogens is 199 g/mol. The average Bonchev–Trinajstić information content (AvgIpc) is 1.97. The molecule has 1 aromatic carbocycles. The Kier molecular flexibility index (Phi) is 3.11. The number of halogens is 2. The largest absolute Gasteiger partial charge is 0.0840 e. The highest BCUT2D eigenvalue weighted by atomic mass is 35.7. The van der Waals surface area contributed by atoms with Gasteiger partial charge in [-0.25, -0.2) is 0 Å². The van der Waals surface area contributed by atoms with Crippen molar-refractivity contribution in [2.75, 3.05) is 0 Å². The summed E-state index contributed by atoms with van der Waals surface area (Å²) in [6.07, 6.45) is 0. The molecule has 1 aromatic rings. The van der Waals surface area contributed by atoms with Gasteiger partial charge in [-0.05, 0) is 58.8 Å². The zero-order chi connectivity index (χ0) is 8.43. The van der Waals surface area contributed by atoms with Crippen molar-refractivity contribution in [2.45, 2.75) is 18.7 Å². The fourth-order valence-electron chi connectivity index (χ4n) is 0.838. The maximum absolute atomic E-state index is 5.89. The summed E-state index contributed by atoms with van der Waals surface area (Å²) < 4.78 is 0. The van der Waals surface area contributed by atoms with Crippen LogP contribution < -0.4 is 0 Å². The van der Waals surface area contributed by atoms with E-state index in [-0.39, 0.29) is 0 Å². The molecule has 0 heterocycles. The van der Waals surface area contributed by atoms with Gasteiger partial charge in [0.2, 0.25) is 0 Å². The molecule has 0 aromatic heterocycles. The fraction of sp³-hybridized carbons (Fsp3) is 0.250. The molecule has 0 aliphatic heterocycles. The summed E-state index contributed by atoms with van der Waals surface area (Å²) in [4.78, 5) is 1.08. The molecule has 3 heteroatoms. The normalized spacial score (nSPS) is 10.2. The Hall–Kier alpha value is 0.150. The van der Waals surface area contributed by atoms with Crippen molar-refractivity contribution in [3.63, 3.8) is 0 Å². The molecule has 0 spiro atoms. The number of benzene rings is 1. The van der Waals surface area contributed by atoms with E-state index in [1.807, 2.05) is 26.0 Å². The van der Waals surface area contributed by atoms with Gasteiger partial charge < -0.3 is 0 Å². The van der Waals surface area contributed by atoms with Crippen LogP contribution in [0.1, 0.15) is 11.1 Å². The van der Waals surface area contributed by atoms with E-state index in [1.54, 1.807) is 0 Å². The number of aryl methyl sites for hydroxylation is 2. The topological polar surface area (TPSA) is 0 Å². The number of rotatable bonds is 1. The zero-order valence-electron chi connectivity index (χ0n) is 6.32. The van der Waals surface area contributed by atoms with Crippen LogP contribution in [0.15, 0.2) is 17.0 Å². The molecule has 0 bridgehead atoms. The highest BCUT2D eigenvalue weighted by Crippen LogP contribution is 2.29. The van der Waals surface area contributed by atoms with Gasteiger partial charge >= 0.3 is 0 Å². The van der Waals surface area contributed by atoms with E-state index in [0.29, 0.717) is 0 Å². The first kappa shape index (κ1) is 9.24. The van der Waals surface area contributed by atoms with Gasteiger partial charge in [0.1, 0.15) is 0 Å². The second kappa shape index (κ2) is 3.70. The molecule has 0 aliphatic carbocycles. The molecule has 0 atom stereocenters. The van der Waals surface area contributed by atoms with Crippen LogP contribution in [0.5, 0.6) is 0 Å². The minimum atomic E-state index is 0.803. The molecule has 1 rings (SSSR count). The van der Waals surface area contributed by atoms with E-state index in [1.165, 1.54) is 11.0 Å². The van der Waals surface area contributed by atoms with Gasteiger partial charge in [0.25, 0.3) is 0 Å². The van der Waals surface area contributed by atoms with E-state index in [2.05, 4.69) is 0 Å². The first-order chi connectivity index (χ1) is 5.15. The van der Waals surface area contributed by atoms with Crippen LogP contribution in [0.4, 0.5) is 0 Å². The third-order valence-electron chi connectivity index (χ3n) is 1.54. The van der Waals surface area contributed by atoms with Gasteiger partial charge in [0.05, 0.1) is 0 Å². The fourth-order valence-corrected chi connectivity index (χ4v) is 1.96. The van der Waals surface area contributed by atoms with Gasteiger partial charge in [-0.2, -0.15) is 0 Å². The smallest absolute Gasteiger partial charge is 0.0438 e. The minimum Gasteiger partial charge on any atom is -0.0840 e. The molecule has 0 N–H and O–H groups in total. The van der Waals surface area contributed by atoms with E-state index >= 15 is 0 Å². The first-order valence-electron chi connectivity index (χ1n) is 3.20. The third-order valence-corrected chi connectivity index (χ3v) is 3.05. The lowest BCUT2D eigenvalue weighted by Crippen LogP contribution is -1.81. The minimum absolute atomic E-state index is 0.803. The van der Waals surface area contributed by atoms with Crippen LogP contribution in [0, 0.1) is 13.8 Å². The summed E-state index contributed by atoms with van der Waals surface area (Å²) in [7, 11) is 6.86. The molecule has 11 heavy (non-hydrogen) atoms. The molecule has 0 saturated heterocycles. The Labute approximate surface area is 80.4 Å². The molecule has 0 aliphatic rings. The summed E-state index contributed by atoms with van der Waals surface area (Å²) in [5, 5.41) is 0.803. The summed E-state index contributed by atoms with van der Waals surface area (Å²) in [6, 6.07) is 3.93. The van der Waals surface area contributed by atoms with Crippen molar-refractivity contribution in [3.05, 3.63) is 28.3 Å². The second-order valence-electron chi connectivity index (χ2n) is 2.44. The summed E-state index contributed by atoms with van der Waals surface area (Å²) >= 11 is 5.89. The molecule has 0 amide bonds. The Morgan fingerprint density at radius 1 is 1.18 bits per heavy atom. The molecule has 0 fully saturated rings. The van der Waals surface area contributed by atoms with Crippen LogP contribution >= 0.6 is 33.3 Å². The lowest BCUT2D eigenvalue weighted by Gasteiger charge is -2.03. The quantitative estimate of drug-likeness (QED) is 0.664. The summed E-state index contributed by atoms with van der Waals surface area (Å²) in [6.45, 7) is 3.97. The molecule has 60 valence electrons. The second-order valence-corrected chi connectivity index (χ2v) is 3.91. The van der Waals surface area contributed by atoms with Gasteiger partial charge in [-0.3, -0.25) is 0 Å². The van der Waals surface area contributed by atoms with Gasteiger partial charge in [-0.15, -0.1) is 0 Å². The molecule has 0 unspecified atom stereocenters. The van der Waals surface area contributed by atoms with Crippen molar-refractivity contribution in [2.24, 2.45) is 0 Å². The van der Waals surface area contributed by atoms with Gasteiger partial charge in [0, 0.05) is 9.92 Å². The van der Waals surface area contributed by atoms with Crippen LogP contribution in [0.2, 0.25) is 5.02 Å². The van der Waals surface area contributed by atoms with Crippen LogP contribution in [-0.4, -0.2) is 0 Å². The van der Waals surface area contributed by atoms with Gasteiger partial charge in [0.15, 0.2) is 0 Å². The lowest BCUT2D eigenvalue weighted by atomic mass is 10.2. The van der Waals surface area contributed by atoms with Crippen molar-refractivity contribution < 1.29 is 0 Å². The monoisotopic (exact) mass is 206 g/mol. The Morgan fingerprint density at radius 2 is 1.82 bits per heavy atom. The maximum Gasteiger partial charge on any atom is 0.0438 e. The molecule has 0 radical (unpaired) electrons. The summed E-state index contributed by atoms with van der Waals surface area (Å²) in [5.41, 5.74) is 2.20. The van der Waals surface area contributed by atoms with Crippen molar-refractivity contribution in [1.29, 1.82) is 0 Å². The van der Waals surface area contributed by atoms with E-state index in [0.717, 1.165) is 21.0 Å². The Morgan fingerprint density at radius 3 is 2.36 bits per heavy atom. The first-order valence-corrected chi connectivity index (χ1v) is 5.22. The summed E-state index contributed by atoms with van der Waals surface area (Å²) in [5.74, 6) is 0. The highest BCUT2D eigenvalue weighted by Gasteiger charge is 2.01. The average molecular weight is 207 g/mol. The van der Waals surface area contributed by atoms with Gasteiger partial charge in [-0.1, -0.05) is 11.6 Å². The maximum atomic E-state index is 5.89. The predicted octanol–water partition coefficient (Wildman–Crippen LogP) is 4.20. The standard InChI is InChI=1S/C8H8Cl2S/c1-5-4-8(11-10)6(2)3-7(5)9/h3-4H,1-2H3. The predicted molar refractivity (Wildman–Crippen MR) is 52.6 cm³/mol. The van der Waals surface area contributed by atoms with Crippen molar-refractivity contribution in [1.82, 2.24) is 0 Å². The molecule has 0 saturated carbocycles. The van der Waals surface area contributed by atoms with E-state index in [4.69, 9.17) is 22.3 Å². The number of hydrogen-bond donors (Lipinski definition) is 0. The SMILES string of the molecule is Cc1cc(SCl)c(C)cc1Cl. The Bertz CT molecular complexity index is 271. The molecule has 0 nitrogen and oxygen atoms in total. The van der Waals surface area contributed by atoms with Crippen molar-refractivity contribution in [3.8, 4) is 0 Å². The van der Waals surface area contributed by atoms with Crippen LogP contribution in [0.25, 0.3) is 0 Å². The van der Waals surface area contributed by atoms with E-state index in [9.17, 15) is 0 Å². The highest BCUT2D eigenvalue weighted by molar-refractivity contribution is 8.21. The molecular formula is C8H8Cl2S. The van der Waals surface area contributed by atoms with Crippen LogP contribution in [-0.2, 0) is 0 Å². The Balaban J connectivity index is 3.21. The zero-order valence-corrected chi connectivity index (χ0v) is 8.65. The van der Waals surface area contributed by atoms with E-state index < -0.39 is 0 Å². The third kappa shape index (κ3) is 2.05.